The summed E-state index contributed by atoms with van der Waals surface area (Å²) in [5, 5.41) is 6.84. The van der Waals surface area contributed by atoms with Crippen LogP contribution in [0.3, 0.4) is 0 Å². The summed E-state index contributed by atoms with van der Waals surface area (Å²) in [6, 6.07) is 13.1. The molecule has 0 aliphatic heterocycles. The van der Waals surface area contributed by atoms with E-state index in [1.165, 1.54) is 44.4 Å². The summed E-state index contributed by atoms with van der Waals surface area (Å²) in [6.45, 7) is 1.14. The molecule has 0 saturated carbocycles. The van der Waals surface area contributed by atoms with Crippen LogP contribution in [0, 0.1) is 5.82 Å². The molecule has 0 radical (unpaired) electrons. The van der Waals surface area contributed by atoms with Gasteiger partial charge in [0.15, 0.2) is 5.78 Å². The van der Waals surface area contributed by atoms with Crippen molar-refractivity contribution in [3.05, 3.63) is 76.3 Å². The summed E-state index contributed by atoms with van der Waals surface area (Å²) >= 11 is 0. The van der Waals surface area contributed by atoms with Gasteiger partial charge in [-0.1, -0.05) is 0 Å². The molecule has 0 aliphatic rings. The molecule has 0 aliphatic carbocycles. The van der Waals surface area contributed by atoms with Gasteiger partial charge in [-0.3, -0.25) is 14.4 Å². The molecule has 1 aromatic heterocycles. The minimum absolute atomic E-state index is 0.0772. The summed E-state index contributed by atoms with van der Waals surface area (Å²) in [7, 11) is 1.40. The molecule has 0 bridgehead atoms. The zero-order valence-electron chi connectivity index (χ0n) is 15.8. The Kier molecular flexibility index (Phi) is 5.82. The molecule has 0 atom stereocenters. The first-order valence-electron chi connectivity index (χ1n) is 8.70. The van der Waals surface area contributed by atoms with Crippen LogP contribution in [-0.2, 0) is 11.3 Å². The van der Waals surface area contributed by atoms with Crippen molar-refractivity contribution >= 4 is 17.4 Å². The van der Waals surface area contributed by atoms with Gasteiger partial charge in [0, 0.05) is 28.9 Å². The lowest BCUT2D eigenvalue weighted by Crippen LogP contribution is -2.29. The largest absolute Gasteiger partial charge is 0.496 e. The summed E-state index contributed by atoms with van der Waals surface area (Å²) in [5.41, 5.74) is 1.41. The van der Waals surface area contributed by atoms with Crippen molar-refractivity contribution in [2.75, 3.05) is 12.4 Å². The molecule has 3 aromatic rings. The molecule has 7 nitrogen and oxygen atoms in total. The van der Waals surface area contributed by atoms with Gasteiger partial charge in [0.2, 0.25) is 5.91 Å². The number of nitrogens with zero attached hydrogens (tertiary/aromatic N) is 2. The zero-order valence-corrected chi connectivity index (χ0v) is 15.8. The van der Waals surface area contributed by atoms with Gasteiger partial charge < -0.3 is 10.1 Å². The molecule has 1 N–H and O–H groups in total. The molecule has 1 heterocycles. The Morgan fingerprint density at radius 1 is 1.10 bits per heavy atom. The lowest BCUT2D eigenvalue weighted by atomic mass is 10.1. The molecule has 0 saturated heterocycles. The topological polar surface area (TPSA) is 90.3 Å². The molecular formula is C21H18FN3O4. The molecule has 0 fully saturated rings. The first-order chi connectivity index (χ1) is 13.9. The van der Waals surface area contributed by atoms with Crippen LogP contribution in [0.2, 0.25) is 0 Å². The Hall–Kier alpha value is -3.81. The van der Waals surface area contributed by atoms with Gasteiger partial charge in [-0.15, -0.1) is 0 Å². The van der Waals surface area contributed by atoms with E-state index in [-0.39, 0.29) is 18.1 Å². The SMILES string of the molecule is COc1cc(F)ccc1-c1ccc(=O)n(CC(=O)Nc2ccc(C(C)=O)cc2)n1. The Bertz CT molecular complexity index is 1120. The van der Waals surface area contributed by atoms with E-state index in [1.807, 2.05) is 0 Å². The Morgan fingerprint density at radius 3 is 2.48 bits per heavy atom. The van der Waals surface area contributed by atoms with E-state index in [4.69, 9.17) is 4.74 Å². The van der Waals surface area contributed by atoms with Gasteiger partial charge in [0.25, 0.3) is 5.56 Å². The van der Waals surface area contributed by atoms with Gasteiger partial charge >= 0.3 is 0 Å². The second kappa shape index (κ2) is 8.47. The number of rotatable bonds is 6. The summed E-state index contributed by atoms with van der Waals surface area (Å²) in [6.07, 6.45) is 0. The van der Waals surface area contributed by atoms with Crippen LogP contribution in [0.4, 0.5) is 10.1 Å². The van der Waals surface area contributed by atoms with Crippen LogP contribution in [0.5, 0.6) is 5.75 Å². The molecule has 2 aromatic carbocycles. The number of carbonyl (C=O) groups excluding carboxylic acids is 2. The number of benzene rings is 2. The molecule has 29 heavy (non-hydrogen) atoms. The Balaban J connectivity index is 1.81. The zero-order chi connectivity index (χ0) is 21.0. The smallest absolute Gasteiger partial charge is 0.267 e. The van der Waals surface area contributed by atoms with Crippen molar-refractivity contribution in [3.63, 3.8) is 0 Å². The van der Waals surface area contributed by atoms with Gasteiger partial charge in [0.05, 0.1) is 12.8 Å². The number of carbonyl (C=O) groups is 2. The lowest BCUT2D eigenvalue weighted by Gasteiger charge is -2.11. The summed E-state index contributed by atoms with van der Waals surface area (Å²) in [4.78, 5) is 35.7. The minimum Gasteiger partial charge on any atom is -0.496 e. The third-order valence-electron chi connectivity index (χ3n) is 4.17. The van der Waals surface area contributed by atoms with Crippen LogP contribution in [-0.4, -0.2) is 28.6 Å². The number of hydrogen-bond acceptors (Lipinski definition) is 5. The van der Waals surface area contributed by atoms with Crippen LogP contribution < -0.4 is 15.6 Å². The van der Waals surface area contributed by atoms with Gasteiger partial charge in [-0.2, -0.15) is 5.10 Å². The number of ether oxygens (including phenoxy) is 1. The van der Waals surface area contributed by atoms with E-state index in [1.54, 1.807) is 24.3 Å². The number of methoxy groups -OCH3 is 1. The lowest BCUT2D eigenvalue weighted by molar-refractivity contribution is -0.117. The van der Waals surface area contributed by atoms with E-state index >= 15 is 0 Å². The third kappa shape index (κ3) is 4.73. The van der Waals surface area contributed by atoms with Crippen LogP contribution >= 0.6 is 0 Å². The predicted octanol–water partition coefficient (Wildman–Crippen LogP) is 2.90. The summed E-state index contributed by atoms with van der Waals surface area (Å²) in [5.74, 6) is -0.739. The number of ketones is 1. The van der Waals surface area contributed by atoms with Gasteiger partial charge in [-0.05, 0) is 49.4 Å². The van der Waals surface area contributed by atoms with E-state index in [0.29, 0.717) is 22.5 Å². The van der Waals surface area contributed by atoms with Crippen molar-refractivity contribution in [1.29, 1.82) is 0 Å². The normalized spacial score (nSPS) is 10.4. The van der Waals surface area contributed by atoms with E-state index in [0.717, 1.165) is 4.68 Å². The third-order valence-corrected chi connectivity index (χ3v) is 4.17. The average Bonchev–Trinajstić information content (AvgIpc) is 2.70. The average molecular weight is 395 g/mol. The first kappa shape index (κ1) is 19.9. The summed E-state index contributed by atoms with van der Waals surface area (Å²) < 4.78 is 19.6. The minimum atomic E-state index is -0.464. The number of nitrogens with one attached hydrogen (secondary N) is 1. The van der Waals surface area contributed by atoms with Crippen LogP contribution in [0.1, 0.15) is 17.3 Å². The maximum Gasteiger partial charge on any atom is 0.267 e. The highest BCUT2D eigenvalue weighted by atomic mass is 19.1. The second-order valence-electron chi connectivity index (χ2n) is 6.24. The highest BCUT2D eigenvalue weighted by Crippen LogP contribution is 2.28. The first-order valence-corrected chi connectivity index (χ1v) is 8.70. The molecule has 1 amide bonds. The molecule has 0 spiro atoms. The number of amides is 1. The fourth-order valence-electron chi connectivity index (χ4n) is 2.71. The Labute approximate surface area is 165 Å². The number of Topliss-reactive ketones (excluding diaryl/α,β-unsaturated/α-hetero) is 1. The quantitative estimate of drug-likeness (QED) is 0.648. The van der Waals surface area contributed by atoms with E-state index in [2.05, 4.69) is 10.4 Å². The maximum atomic E-state index is 13.4. The fraction of sp³-hybridized carbons (Fsp3) is 0.143. The van der Waals surface area contributed by atoms with Gasteiger partial charge in [-0.25, -0.2) is 9.07 Å². The molecule has 3 rings (SSSR count). The van der Waals surface area contributed by atoms with Crippen LogP contribution in [0.15, 0.2) is 59.4 Å². The number of aromatic nitrogens is 2. The molecular weight excluding hydrogens is 377 g/mol. The second-order valence-corrected chi connectivity index (χ2v) is 6.24. The van der Waals surface area contributed by atoms with E-state index in [9.17, 15) is 18.8 Å². The standard InChI is InChI=1S/C21H18FN3O4/c1-13(26)14-3-6-16(7-4-14)23-20(27)12-25-21(28)10-9-18(24-25)17-8-5-15(22)11-19(17)29-2/h3-11H,12H2,1-2H3,(H,23,27). The van der Waals surface area contributed by atoms with Crippen molar-refractivity contribution in [3.8, 4) is 17.0 Å². The Morgan fingerprint density at radius 2 is 1.83 bits per heavy atom. The van der Waals surface area contributed by atoms with Crippen molar-refractivity contribution < 1.29 is 18.7 Å². The molecule has 0 unspecified atom stereocenters. The van der Waals surface area contributed by atoms with Crippen molar-refractivity contribution in [2.24, 2.45) is 0 Å². The maximum absolute atomic E-state index is 13.4. The molecule has 148 valence electrons. The fourth-order valence-corrected chi connectivity index (χ4v) is 2.71. The number of anilines is 1. The van der Waals surface area contributed by atoms with Crippen molar-refractivity contribution in [1.82, 2.24) is 9.78 Å². The highest BCUT2D eigenvalue weighted by molar-refractivity contribution is 5.95. The van der Waals surface area contributed by atoms with Gasteiger partial charge in [0.1, 0.15) is 18.1 Å². The molecule has 8 heteroatoms. The van der Waals surface area contributed by atoms with Crippen molar-refractivity contribution in [2.45, 2.75) is 13.5 Å². The number of hydrogen-bond donors (Lipinski definition) is 1. The monoisotopic (exact) mass is 395 g/mol. The number of halogens is 1. The van der Waals surface area contributed by atoms with E-state index < -0.39 is 17.3 Å². The predicted molar refractivity (Wildman–Crippen MR) is 106 cm³/mol. The van der Waals surface area contributed by atoms with Crippen LogP contribution in [0.25, 0.3) is 11.3 Å². The highest BCUT2D eigenvalue weighted by Gasteiger charge is 2.12.